The van der Waals surface area contributed by atoms with Gasteiger partial charge in [-0.05, 0) is 42.1 Å². The van der Waals surface area contributed by atoms with E-state index >= 15 is 0 Å². The molecule has 2 aromatic carbocycles. The molecule has 2 aromatic heterocycles. The summed E-state index contributed by atoms with van der Waals surface area (Å²) in [6, 6.07) is 15.0. The summed E-state index contributed by atoms with van der Waals surface area (Å²) in [5.41, 5.74) is 5.33. The van der Waals surface area contributed by atoms with Crippen molar-refractivity contribution in [3.05, 3.63) is 66.0 Å². The molecule has 0 amide bonds. The van der Waals surface area contributed by atoms with Crippen LogP contribution in [0.3, 0.4) is 0 Å². The maximum Gasteiger partial charge on any atom is 0.220 e. The number of aryl methyl sites for hydroxylation is 1. The van der Waals surface area contributed by atoms with Crippen LogP contribution in [-0.4, -0.2) is 0 Å². The Labute approximate surface area is 131 Å². The molecule has 22 heavy (non-hydrogen) atoms. The van der Waals surface area contributed by atoms with Gasteiger partial charge in [0.05, 0.1) is 18.6 Å². The lowest BCUT2D eigenvalue weighted by Crippen LogP contribution is -2.35. The van der Waals surface area contributed by atoms with E-state index in [4.69, 9.17) is 5.79 Å². The Morgan fingerprint density at radius 2 is 1.86 bits per heavy atom. The van der Waals surface area contributed by atoms with Gasteiger partial charge in [0.15, 0.2) is 5.69 Å². The van der Waals surface area contributed by atoms with E-state index in [1.165, 1.54) is 5.56 Å². The number of aromatic nitrogens is 1. The van der Waals surface area contributed by atoms with Crippen molar-refractivity contribution in [1.82, 2.24) is 0 Å². The third-order valence-corrected chi connectivity index (χ3v) is 4.39. The Morgan fingerprint density at radius 1 is 1.05 bits per heavy atom. The van der Waals surface area contributed by atoms with Gasteiger partial charge in [0.1, 0.15) is 12.6 Å². The summed E-state index contributed by atoms with van der Waals surface area (Å²) in [6.45, 7) is 4.12. The van der Waals surface area contributed by atoms with E-state index < -0.39 is 0 Å². The number of nitrogens with zero attached hydrogens (tertiary/aromatic N) is 1. The van der Waals surface area contributed by atoms with Crippen LogP contribution in [0.4, 0.5) is 0 Å². The standard InChI is InChI=1S/C20H18NO/c1-13-10-16-8-9-22-19(16)12-18(13)20-17-7-5-4-6-15(17)11-14(2)21(20)3/h4-12H,1-3H3/q+1/i11D. The van der Waals surface area contributed by atoms with Crippen LogP contribution in [0.15, 0.2) is 59.2 Å². The molecule has 2 heteroatoms. The third-order valence-electron chi connectivity index (χ3n) is 4.39. The summed E-state index contributed by atoms with van der Waals surface area (Å²) >= 11 is 0. The minimum atomic E-state index is 0.587. The number of hydrogen-bond donors (Lipinski definition) is 0. The molecule has 0 fully saturated rings. The molecule has 0 N–H and O–H groups in total. The van der Waals surface area contributed by atoms with Crippen LogP contribution in [0.1, 0.15) is 12.6 Å². The van der Waals surface area contributed by atoms with E-state index in [9.17, 15) is 0 Å². The summed E-state index contributed by atoms with van der Waals surface area (Å²) in [6.07, 6.45) is 1.73. The Balaban J connectivity index is 2.17. The molecule has 2 nitrogen and oxygen atoms in total. The fourth-order valence-corrected chi connectivity index (χ4v) is 3.13. The molecule has 0 saturated heterocycles. The second-order valence-corrected chi connectivity index (χ2v) is 5.79. The fraction of sp³-hybridized carbons (Fsp3) is 0.150. The van der Waals surface area contributed by atoms with Crippen molar-refractivity contribution in [2.24, 2.45) is 7.05 Å². The van der Waals surface area contributed by atoms with Crippen LogP contribution >= 0.6 is 0 Å². The Morgan fingerprint density at radius 3 is 2.73 bits per heavy atom. The number of rotatable bonds is 1. The highest BCUT2D eigenvalue weighted by Crippen LogP contribution is 2.31. The number of furan rings is 1. The normalized spacial score (nSPS) is 12.0. The van der Waals surface area contributed by atoms with Crippen LogP contribution < -0.4 is 4.57 Å². The molecular weight excluding hydrogens is 270 g/mol. The van der Waals surface area contributed by atoms with E-state index in [2.05, 4.69) is 29.7 Å². The van der Waals surface area contributed by atoms with E-state index in [1.54, 1.807) is 6.26 Å². The molecule has 0 bridgehead atoms. The van der Waals surface area contributed by atoms with Crippen molar-refractivity contribution < 1.29 is 10.4 Å². The van der Waals surface area contributed by atoms with Crippen molar-refractivity contribution in [3.8, 4) is 11.3 Å². The highest BCUT2D eigenvalue weighted by atomic mass is 16.3. The zero-order valence-electron chi connectivity index (χ0n) is 14.0. The van der Waals surface area contributed by atoms with E-state index in [0.717, 1.165) is 38.7 Å². The first-order valence-electron chi connectivity index (χ1n) is 7.94. The lowest BCUT2D eigenvalue weighted by Gasteiger charge is -2.10. The number of fused-ring (bicyclic) bond motifs is 2. The summed E-state index contributed by atoms with van der Waals surface area (Å²) in [4.78, 5) is 0. The predicted octanol–water partition coefficient (Wildman–Crippen LogP) is 4.69. The molecule has 0 atom stereocenters. The average Bonchev–Trinajstić information content (AvgIpc) is 3.00. The summed E-state index contributed by atoms with van der Waals surface area (Å²) in [5, 5.41) is 3.20. The van der Waals surface area contributed by atoms with Crippen molar-refractivity contribution in [3.63, 3.8) is 0 Å². The van der Waals surface area contributed by atoms with Crippen LogP contribution in [-0.2, 0) is 7.05 Å². The van der Waals surface area contributed by atoms with Crippen molar-refractivity contribution in [2.45, 2.75) is 13.8 Å². The molecule has 0 spiro atoms. The largest absolute Gasteiger partial charge is 0.464 e. The molecule has 4 rings (SSSR count). The van der Waals surface area contributed by atoms with E-state index in [1.807, 2.05) is 38.2 Å². The highest BCUT2D eigenvalue weighted by Gasteiger charge is 2.20. The minimum Gasteiger partial charge on any atom is -0.464 e. The van der Waals surface area contributed by atoms with Gasteiger partial charge >= 0.3 is 0 Å². The third kappa shape index (κ3) is 1.84. The molecule has 4 aromatic rings. The molecule has 0 radical (unpaired) electrons. The van der Waals surface area contributed by atoms with Crippen LogP contribution in [0.2, 0.25) is 0 Å². The molecule has 108 valence electrons. The smallest absolute Gasteiger partial charge is 0.220 e. The molecule has 0 aliphatic heterocycles. The van der Waals surface area contributed by atoms with E-state index in [-0.39, 0.29) is 0 Å². The van der Waals surface area contributed by atoms with E-state index in [0.29, 0.717) is 6.04 Å². The number of benzene rings is 2. The van der Waals surface area contributed by atoms with Gasteiger partial charge in [-0.25, -0.2) is 0 Å². The maximum absolute atomic E-state index is 8.41. The molecule has 2 heterocycles. The molecule has 0 aliphatic carbocycles. The van der Waals surface area contributed by atoms with Gasteiger partial charge in [0, 0.05) is 18.4 Å². The number of hydrogen-bond acceptors (Lipinski definition) is 1. The summed E-state index contributed by atoms with van der Waals surface area (Å²) in [5.74, 6) is 0. The second kappa shape index (κ2) is 4.70. The highest BCUT2D eigenvalue weighted by molar-refractivity contribution is 5.96. The summed E-state index contributed by atoms with van der Waals surface area (Å²) in [7, 11) is 2.03. The summed E-state index contributed by atoms with van der Waals surface area (Å²) < 4.78 is 16.1. The first-order chi connectivity index (χ1) is 11.1. The van der Waals surface area contributed by atoms with Crippen molar-refractivity contribution in [1.29, 1.82) is 0 Å². The first-order valence-corrected chi connectivity index (χ1v) is 7.44. The van der Waals surface area contributed by atoms with Crippen molar-refractivity contribution >= 4 is 21.7 Å². The maximum atomic E-state index is 8.41. The SMILES string of the molecule is [2H]c1c(C)[n+](C)c(-c2cc3occc3cc2C)c2ccccc12. The average molecular weight is 289 g/mol. The van der Waals surface area contributed by atoms with Crippen molar-refractivity contribution in [2.75, 3.05) is 0 Å². The Kier molecular flexibility index (Phi) is 2.56. The Bertz CT molecular complexity index is 1060. The first kappa shape index (κ1) is 12.0. The van der Waals surface area contributed by atoms with Gasteiger partial charge in [0.2, 0.25) is 5.69 Å². The van der Waals surface area contributed by atoms with Crippen LogP contribution in [0.25, 0.3) is 33.0 Å². The molecule has 0 saturated carbocycles. The second-order valence-electron chi connectivity index (χ2n) is 5.79. The van der Waals surface area contributed by atoms with Gasteiger partial charge in [-0.3, -0.25) is 0 Å². The van der Waals surface area contributed by atoms with Crippen LogP contribution in [0.5, 0.6) is 0 Å². The molecule has 0 aliphatic rings. The van der Waals surface area contributed by atoms with Gasteiger partial charge in [-0.15, -0.1) is 0 Å². The predicted molar refractivity (Wildman–Crippen MR) is 89.8 cm³/mol. The monoisotopic (exact) mass is 289 g/mol. The van der Waals surface area contributed by atoms with Gasteiger partial charge in [-0.1, -0.05) is 18.2 Å². The Hall–Kier alpha value is -2.61. The van der Waals surface area contributed by atoms with Gasteiger partial charge in [-0.2, -0.15) is 4.57 Å². The number of pyridine rings is 1. The quantitative estimate of drug-likeness (QED) is 0.464. The lowest BCUT2D eigenvalue weighted by atomic mass is 9.98. The molecular formula is C20H18NO+. The molecule has 0 unspecified atom stereocenters. The van der Waals surface area contributed by atoms with Crippen LogP contribution in [0, 0.1) is 13.8 Å². The zero-order valence-corrected chi connectivity index (χ0v) is 13.0. The van der Waals surface area contributed by atoms with Gasteiger partial charge in [0.25, 0.3) is 0 Å². The lowest BCUT2D eigenvalue weighted by molar-refractivity contribution is -0.665. The minimum absolute atomic E-state index is 0.587. The zero-order chi connectivity index (χ0) is 16.1. The fourth-order valence-electron chi connectivity index (χ4n) is 3.13. The topological polar surface area (TPSA) is 17.0 Å². The van der Waals surface area contributed by atoms with Gasteiger partial charge < -0.3 is 4.42 Å².